The molecular formula is C23H16Cl2N2O2S. The Balaban J connectivity index is 1.51. The number of amidine groups is 1. The van der Waals surface area contributed by atoms with Crippen molar-refractivity contribution in [2.24, 2.45) is 4.99 Å². The van der Waals surface area contributed by atoms with Crippen molar-refractivity contribution in [2.45, 2.75) is 6.61 Å². The zero-order valence-corrected chi connectivity index (χ0v) is 18.0. The maximum Gasteiger partial charge on any atom is 0.264 e. The summed E-state index contributed by atoms with van der Waals surface area (Å²) in [6.45, 7) is 0.378. The molecule has 4 nitrogen and oxygen atoms in total. The Kier molecular flexibility index (Phi) is 6.43. The van der Waals surface area contributed by atoms with Crippen LogP contribution in [0.4, 0.5) is 5.69 Å². The minimum atomic E-state index is -0.197. The van der Waals surface area contributed by atoms with Gasteiger partial charge in [-0.15, -0.1) is 0 Å². The number of thioether (sulfide) groups is 1. The number of ether oxygens (including phenoxy) is 1. The Morgan fingerprint density at radius 2 is 1.77 bits per heavy atom. The predicted molar refractivity (Wildman–Crippen MR) is 124 cm³/mol. The summed E-state index contributed by atoms with van der Waals surface area (Å²) in [6, 6.07) is 22.2. The molecule has 0 atom stereocenters. The first kappa shape index (κ1) is 20.5. The molecule has 4 rings (SSSR count). The van der Waals surface area contributed by atoms with E-state index < -0.39 is 0 Å². The molecule has 1 N–H and O–H groups in total. The average Bonchev–Trinajstić information content (AvgIpc) is 3.08. The van der Waals surface area contributed by atoms with Crippen LogP contribution < -0.4 is 10.1 Å². The van der Waals surface area contributed by atoms with E-state index in [0.717, 1.165) is 11.1 Å². The van der Waals surface area contributed by atoms with E-state index in [1.807, 2.05) is 48.5 Å². The van der Waals surface area contributed by atoms with Crippen molar-refractivity contribution < 1.29 is 9.53 Å². The van der Waals surface area contributed by atoms with E-state index in [2.05, 4.69) is 10.3 Å². The third kappa shape index (κ3) is 5.25. The maximum absolute atomic E-state index is 12.4. The summed E-state index contributed by atoms with van der Waals surface area (Å²) < 4.78 is 5.97. The van der Waals surface area contributed by atoms with E-state index in [1.54, 1.807) is 30.3 Å². The topological polar surface area (TPSA) is 50.7 Å². The van der Waals surface area contributed by atoms with Gasteiger partial charge in [-0.3, -0.25) is 4.79 Å². The van der Waals surface area contributed by atoms with Crippen LogP contribution in [0.1, 0.15) is 11.1 Å². The minimum Gasteiger partial charge on any atom is -0.488 e. The van der Waals surface area contributed by atoms with E-state index in [1.165, 1.54) is 11.8 Å². The van der Waals surface area contributed by atoms with Gasteiger partial charge >= 0.3 is 0 Å². The molecule has 1 aliphatic heterocycles. The Morgan fingerprint density at radius 3 is 2.57 bits per heavy atom. The largest absolute Gasteiger partial charge is 0.488 e. The summed E-state index contributed by atoms with van der Waals surface area (Å²) in [5.74, 6) is 0.485. The number of hydrogen-bond donors (Lipinski definition) is 1. The highest BCUT2D eigenvalue weighted by Gasteiger charge is 2.24. The van der Waals surface area contributed by atoms with E-state index in [-0.39, 0.29) is 5.91 Å². The van der Waals surface area contributed by atoms with Crippen LogP contribution in [0.25, 0.3) is 6.08 Å². The number of carbonyl (C=O) groups excluding carboxylic acids is 1. The lowest BCUT2D eigenvalue weighted by Gasteiger charge is -2.09. The molecule has 0 aromatic heterocycles. The van der Waals surface area contributed by atoms with Crippen LogP contribution in [0.5, 0.6) is 5.75 Å². The van der Waals surface area contributed by atoms with Crippen LogP contribution in [-0.4, -0.2) is 11.1 Å². The van der Waals surface area contributed by atoms with Gasteiger partial charge in [0.2, 0.25) is 0 Å². The molecule has 1 heterocycles. The van der Waals surface area contributed by atoms with Gasteiger partial charge in [-0.05, 0) is 65.9 Å². The Hall–Kier alpha value is -2.73. The second-order valence-electron chi connectivity index (χ2n) is 6.41. The van der Waals surface area contributed by atoms with Gasteiger partial charge in [0.15, 0.2) is 5.17 Å². The van der Waals surface area contributed by atoms with Crippen LogP contribution in [0.15, 0.2) is 82.7 Å². The number of rotatable bonds is 5. The molecule has 7 heteroatoms. The van der Waals surface area contributed by atoms with Gasteiger partial charge in [0.1, 0.15) is 12.4 Å². The van der Waals surface area contributed by atoms with Gasteiger partial charge in [-0.25, -0.2) is 4.99 Å². The summed E-state index contributed by atoms with van der Waals surface area (Å²) in [6.07, 6.45) is 1.80. The number of halogens is 2. The normalized spacial score (nSPS) is 16.1. The SMILES string of the molecule is O=C1NC(=Nc2ccc(Cl)cc2)S/C1=C\c1ccccc1OCc1cccc(Cl)c1. The number of carbonyl (C=O) groups is 1. The lowest BCUT2D eigenvalue weighted by molar-refractivity contribution is -0.115. The summed E-state index contributed by atoms with van der Waals surface area (Å²) in [4.78, 5) is 17.4. The van der Waals surface area contributed by atoms with Crippen LogP contribution in [-0.2, 0) is 11.4 Å². The number of nitrogens with zero attached hydrogens (tertiary/aromatic N) is 1. The smallest absolute Gasteiger partial charge is 0.264 e. The number of benzene rings is 3. The quantitative estimate of drug-likeness (QED) is 0.449. The number of hydrogen-bond acceptors (Lipinski definition) is 4. The molecule has 0 radical (unpaired) electrons. The summed E-state index contributed by atoms with van der Waals surface area (Å²) in [5.41, 5.74) is 2.49. The monoisotopic (exact) mass is 454 g/mol. The number of para-hydroxylation sites is 1. The summed E-state index contributed by atoms with van der Waals surface area (Å²) in [7, 11) is 0. The van der Waals surface area contributed by atoms with E-state index in [4.69, 9.17) is 27.9 Å². The summed E-state index contributed by atoms with van der Waals surface area (Å²) >= 11 is 13.2. The molecule has 0 unspecified atom stereocenters. The molecule has 1 aliphatic rings. The molecule has 3 aromatic rings. The third-order valence-electron chi connectivity index (χ3n) is 4.20. The molecule has 150 valence electrons. The minimum absolute atomic E-state index is 0.197. The zero-order chi connectivity index (χ0) is 20.9. The summed E-state index contributed by atoms with van der Waals surface area (Å²) in [5, 5.41) is 4.61. The molecule has 1 saturated heterocycles. The predicted octanol–water partition coefficient (Wildman–Crippen LogP) is 6.46. The number of nitrogens with one attached hydrogen (secondary N) is 1. The van der Waals surface area contributed by atoms with E-state index >= 15 is 0 Å². The van der Waals surface area contributed by atoms with Gasteiger partial charge in [0, 0.05) is 15.6 Å². The van der Waals surface area contributed by atoms with Crippen LogP contribution in [0.2, 0.25) is 10.0 Å². The number of aliphatic imine (C=N–C) groups is 1. The van der Waals surface area contributed by atoms with Crippen molar-refractivity contribution in [3.05, 3.63) is 98.9 Å². The van der Waals surface area contributed by atoms with Crippen LogP contribution in [0.3, 0.4) is 0 Å². The van der Waals surface area contributed by atoms with E-state index in [0.29, 0.717) is 38.2 Å². The molecule has 0 bridgehead atoms. The van der Waals surface area contributed by atoms with Gasteiger partial charge in [-0.1, -0.05) is 53.5 Å². The molecule has 30 heavy (non-hydrogen) atoms. The van der Waals surface area contributed by atoms with Gasteiger partial charge < -0.3 is 10.1 Å². The molecular weight excluding hydrogens is 439 g/mol. The molecule has 1 amide bonds. The van der Waals surface area contributed by atoms with Crippen molar-refractivity contribution >= 4 is 57.8 Å². The first-order valence-corrected chi connectivity index (χ1v) is 10.7. The molecule has 0 spiro atoms. The maximum atomic E-state index is 12.4. The zero-order valence-electron chi connectivity index (χ0n) is 15.6. The second kappa shape index (κ2) is 9.39. The van der Waals surface area contributed by atoms with Gasteiger partial charge in [0.05, 0.1) is 10.6 Å². The average molecular weight is 455 g/mol. The molecule has 0 saturated carbocycles. The Labute approximate surface area is 188 Å². The van der Waals surface area contributed by atoms with Crippen molar-refractivity contribution in [2.75, 3.05) is 0 Å². The fraction of sp³-hybridized carbons (Fsp3) is 0.0435. The highest BCUT2D eigenvalue weighted by atomic mass is 35.5. The van der Waals surface area contributed by atoms with Crippen LogP contribution in [0, 0.1) is 0 Å². The molecule has 3 aromatic carbocycles. The fourth-order valence-corrected chi connectivity index (χ4v) is 3.95. The first-order valence-electron chi connectivity index (χ1n) is 9.08. The standard InChI is InChI=1S/C23H16Cl2N2O2S/c24-17-8-10-19(11-9-17)26-23-27-22(28)21(30-23)13-16-5-1-2-7-20(16)29-14-15-4-3-6-18(25)12-15/h1-13H,14H2,(H,26,27,28)/b21-13-. The van der Waals surface area contributed by atoms with Gasteiger partial charge in [-0.2, -0.15) is 0 Å². The van der Waals surface area contributed by atoms with Crippen LogP contribution >= 0.6 is 35.0 Å². The van der Waals surface area contributed by atoms with Crippen molar-refractivity contribution in [3.63, 3.8) is 0 Å². The van der Waals surface area contributed by atoms with Gasteiger partial charge in [0.25, 0.3) is 5.91 Å². The Morgan fingerprint density at radius 1 is 0.967 bits per heavy atom. The Bertz CT molecular complexity index is 1140. The molecule has 0 aliphatic carbocycles. The lowest BCUT2D eigenvalue weighted by Crippen LogP contribution is -2.19. The van der Waals surface area contributed by atoms with Crippen molar-refractivity contribution in [1.82, 2.24) is 5.32 Å². The first-order chi connectivity index (χ1) is 14.6. The molecule has 1 fully saturated rings. The lowest BCUT2D eigenvalue weighted by atomic mass is 10.2. The van der Waals surface area contributed by atoms with E-state index in [9.17, 15) is 4.79 Å². The second-order valence-corrected chi connectivity index (χ2v) is 8.32. The highest BCUT2D eigenvalue weighted by molar-refractivity contribution is 8.18. The highest BCUT2D eigenvalue weighted by Crippen LogP contribution is 2.31. The van der Waals surface area contributed by atoms with Crippen molar-refractivity contribution in [1.29, 1.82) is 0 Å². The third-order valence-corrected chi connectivity index (χ3v) is 5.59. The number of amides is 1. The fourth-order valence-electron chi connectivity index (χ4n) is 2.77. The van der Waals surface area contributed by atoms with Crippen molar-refractivity contribution in [3.8, 4) is 5.75 Å².